The van der Waals surface area contributed by atoms with E-state index in [2.05, 4.69) is 199 Å². The quantitative estimate of drug-likeness (QED) is 0.122. The van der Waals surface area contributed by atoms with Crippen LogP contribution in [0.2, 0.25) is 0 Å². The Morgan fingerprint density at radius 3 is 1.96 bits per heavy atom. The molecule has 0 spiro atoms. The zero-order chi connectivity index (χ0) is 38.8. The highest BCUT2D eigenvalue weighted by molar-refractivity contribution is 7.25. The predicted octanol–water partition coefficient (Wildman–Crippen LogP) is 16.2. The van der Waals surface area contributed by atoms with Crippen LogP contribution in [0.3, 0.4) is 0 Å². The Bertz CT molecular complexity index is 2770. The second kappa shape index (κ2) is 16.1. The van der Waals surface area contributed by atoms with Crippen molar-refractivity contribution in [1.29, 1.82) is 0 Å². The highest BCUT2D eigenvalue weighted by Crippen LogP contribution is 2.38. The maximum atomic E-state index is 2.37. The van der Waals surface area contributed by atoms with Gasteiger partial charge in [0.1, 0.15) is 0 Å². The van der Waals surface area contributed by atoms with Crippen molar-refractivity contribution in [2.45, 2.75) is 60.8 Å². The lowest BCUT2D eigenvalue weighted by molar-refractivity contribution is 1.00. The van der Waals surface area contributed by atoms with Gasteiger partial charge in [-0.15, -0.1) is 11.3 Å². The molecule has 0 nitrogen and oxygen atoms in total. The molecule has 0 aliphatic carbocycles. The summed E-state index contributed by atoms with van der Waals surface area (Å²) in [7, 11) is 0. The van der Waals surface area contributed by atoms with E-state index < -0.39 is 0 Å². The predicted molar refractivity (Wildman–Crippen MR) is 248 cm³/mol. The fourth-order valence-corrected chi connectivity index (χ4v) is 9.46. The van der Waals surface area contributed by atoms with Crippen molar-refractivity contribution in [3.8, 4) is 33.4 Å². The average Bonchev–Trinajstić information content (AvgIpc) is 3.61. The van der Waals surface area contributed by atoms with Gasteiger partial charge in [-0.3, -0.25) is 0 Å². The molecular formula is C55H50S. The monoisotopic (exact) mass is 742 g/mol. The minimum atomic E-state index is 0.932. The molecular weight excluding hydrogens is 693 g/mol. The van der Waals surface area contributed by atoms with Crippen LogP contribution in [0, 0.1) is 13.8 Å². The first kappa shape index (κ1) is 37.2. The molecule has 0 saturated heterocycles. The van der Waals surface area contributed by atoms with Crippen LogP contribution in [0.1, 0.15) is 73.1 Å². The van der Waals surface area contributed by atoms with E-state index in [0.717, 1.165) is 19.3 Å². The van der Waals surface area contributed by atoms with Crippen LogP contribution < -0.4 is 0 Å². The second-order valence-corrected chi connectivity index (χ2v) is 16.3. The van der Waals surface area contributed by atoms with Gasteiger partial charge < -0.3 is 0 Å². The minimum absolute atomic E-state index is 0.932. The zero-order valence-electron chi connectivity index (χ0n) is 33.5. The molecule has 0 atom stereocenters. The van der Waals surface area contributed by atoms with Gasteiger partial charge in [0.15, 0.2) is 0 Å². The van der Waals surface area contributed by atoms with Crippen molar-refractivity contribution in [1.82, 2.24) is 0 Å². The average molecular weight is 743 g/mol. The lowest BCUT2D eigenvalue weighted by Gasteiger charge is -2.16. The molecule has 0 bridgehead atoms. The summed E-state index contributed by atoms with van der Waals surface area (Å²) in [6, 6.07) is 56.4. The van der Waals surface area contributed by atoms with Crippen LogP contribution in [0.25, 0.3) is 70.8 Å². The van der Waals surface area contributed by atoms with E-state index in [1.165, 1.54) is 109 Å². The first-order chi connectivity index (χ1) is 27.3. The third-order valence-corrected chi connectivity index (χ3v) is 12.9. The van der Waals surface area contributed by atoms with E-state index in [9.17, 15) is 0 Å². The van der Waals surface area contributed by atoms with Crippen molar-refractivity contribution in [2.75, 3.05) is 0 Å². The van der Waals surface area contributed by atoms with E-state index in [1.807, 2.05) is 11.3 Å². The molecule has 0 unspecified atom stereocenters. The van der Waals surface area contributed by atoms with Crippen LogP contribution in [0.15, 0.2) is 157 Å². The summed E-state index contributed by atoms with van der Waals surface area (Å²) in [6.07, 6.45) is 5.34. The molecule has 1 aromatic heterocycles. The van der Waals surface area contributed by atoms with Crippen LogP contribution in [-0.2, 0) is 12.8 Å². The Morgan fingerprint density at radius 1 is 0.536 bits per heavy atom. The van der Waals surface area contributed by atoms with Gasteiger partial charge in [0.05, 0.1) is 0 Å². The van der Waals surface area contributed by atoms with Gasteiger partial charge in [-0.2, -0.15) is 0 Å². The molecule has 0 fully saturated rings. The summed E-state index contributed by atoms with van der Waals surface area (Å²) < 4.78 is 2.70. The van der Waals surface area contributed by atoms with Crippen molar-refractivity contribution >= 4 is 48.7 Å². The molecule has 8 aromatic rings. The lowest BCUT2D eigenvalue weighted by atomic mass is 9.89. The minimum Gasteiger partial charge on any atom is -0.135 e. The van der Waals surface area contributed by atoms with E-state index in [-0.39, 0.29) is 0 Å². The molecule has 0 amide bonds. The maximum absolute atomic E-state index is 2.37. The normalized spacial score (nSPS) is 12.4. The van der Waals surface area contributed by atoms with E-state index in [0.29, 0.717) is 0 Å². The zero-order valence-corrected chi connectivity index (χ0v) is 34.4. The third kappa shape index (κ3) is 7.45. The highest BCUT2D eigenvalue weighted by Gasteiger charge is 2.13. The molecule has 56 heavy (non-hydrogen) atoms. The number of hydrogen-bond acceptors (Lipinski definition) is 1. The number of rotatable bonds is 10. The SMILES string of the molecule is CC/C(Cc1ccccc1/C=C(/C)c1ccc(-c2ccc(C)c(-c3ccccc3CC)c2)cc1)=C(/C)c1ccc(-c2ccc3sc4ccccc4c3c2)cc1C. The summed E-state index contributed by atoms with van der Waals surface area (Å²) in [5, 5.41) is 2.69. The number of aryl methyl sites for hydroxylation is 3. The molecule has 0 aliphatic heterocycles. The van der Waals surface area contributed by atoms with Crippen molar-refractivity contribution < 1.29 is 0 Å². The van der Waals surface area contributed by atoms with E-state index >= 15 is 0 Å². The van der Waals surface area contributed by atoms with Gasteiger partial charge in [0, 0.05) is 20.2 Å². The van der Waals surface area contributed by atoms with E-state index in [4.69, 9.17) is 0 Å². The Hall–Kier alpha value is -5.76. The van der Waals surface area contributed by atoms with Gasteiger partial charge in [0.25, 0.3) is 0 Å². The van der Waals surface area contributed by atoms with Crippen LogP contribution >= 0.6 is 11.3 Å². The van der Waals surface area contributed by atoms with Crippen molar-refractivity contribution in [3.63, 3.8) is 0 Å². The summed E-state index contributed by atoms with van der Waals surface area (Å²) in [5.74, 6) is 0. The molecule has 8 rings (SSSR count). The summed E-state index contributed by atoms with van der Waals surface area (Å²) in [6.45, 7) is 13.6. The van der Waals surface area contributed by atoms with Gasteiger partial charge in [0.2, 0.25) is 0 Å². The van der Waals surface area contributed by atoms with Gasteiger partial charge >= 0.3 is 0 Å². The molecule has 0 N–H and O–H groups in total. The van der Waals surface area contributed by atoms with Crippen molar-refractivity contribution in [2.24, 2.45) is 0 Å². The van der Waals surface area contributed by atoms with Gasteiger partial charge in [-0.25, -0.2) is 0 Å². The first-order valence-corrected chi connectivity index (χ1v) is 20.9. The highest BCUT2D eigenvalue weighted by atomic mass is 32.1. The van der Waals surface area contributed by atoms with Crippen molar-refractivity contribution in [3.05, 3.63) is 196 Å². The Morgan fingerprint density at radius 2 is 1.18 bits per heavy atom. The maximum Gasteiger partial charge on any atom is 0.0355 e. The number of thiophene rings is 1. The Balaban J connectivity index is 1.03. The molecule has 1 heteroatoms. The molecule has 1 heterocycles. The van der Waals surface area contributed by atoms with Crippen LogP contribution in [0.5, 0.6) is 0 Å². The molecule has 0 saturated carbocycles. The number of allylic oxidation sites excluding steroid dienone is 3. The summed E-state index contributed by atoms with van der Waals surface area (Å²) in [4.78, 5) is 0. The topological polar surface area (TPSA) is 0 Å². The third-order valence-electron chi connectivity index (χ3n) is 11.7. The first-order valence-electron chi connectivity index (χ1n) is 20.1. The van der Waals surface area contributed by atoms with Gasteiger partial charge in [-0.05, 0) is 155 Å². The fourth-order valence-electron chi connectivity index (χ4n) is 8.37. The molecule has 0 radical (unpaired) electrons. The summed E-state index contributed by atoms with van der Waals surface area (Å²) in [5.41, 5.74) is 21.1. The number of fused-ring (bicyclic) bond motifs is 3. The fraction of sp³-hybridized carbons (Fsp3) is 0.164. The molecule has 276 valence electrons. The van der Waals surface area contributed by atoms with Crippen LogP contribution in [-0.4, -0.2) is 0 Å². The smallest absolute Gasteiger partial charge is 0.0355 e. The number of hydrogen-bond donors (Lipinski definition) is 0. The Kier molecular flexibility index (Phi) is 10.7. The molecule has 0 aliphatic rings. The lowest BCUT2D eigenvalue weighted by Crippen LogP contribution is -1.98. The summed E-state index contributed by atoms with van der Waals surface area (Å²) >= 11 is 1.87. The molecule has 7 aromatic carbocycles. The number of benzene rings is 7. The standard InChI is InChI=1S/C55H50S/c1-7-40-15-11-12-18-50(40)52-34-47(22-21-36(52)3)43-25-23-42(24-26-43)37(4)31-44-16-9-10-17-45(44)33-41(8-2)39(6)49-29-27-46(32-38(49)5)48-28-30-55-53(35-48)51-19-13-14-20-54(51)56-55/h9-32,34-35H,7-8,33H2,1-6H3/b37-31-,41-39+. The largest absolute Gasteiger partial charge is 0.135 e. The second-order valence-electron chi connectivity index (χ2n) is 15.2. The van der Waals surface area contributed by atoms with Gasteiger partial charge in [-0.1, -0.05) is 153 Å². The van der Waals surface area contributed by atoms with Crippen LogP contribution in [0.4, 0.5) is 0 Å². The Labute approximate surface area is 337 Å². The van der Waals surface area contributed by atoms with E-state index in [1.54, 1.807) is 0 Å².